The molecule has 2 heterocycles. The first-order chi connectivity index (χ1) is 14.3. The zero-order chi connectivity index (χ0) is 21.5. The summed E-state index contributed by atoms with van der Waals surface area (Å²) in [6.45, 7) is 3.20. The Labute approximate surface area is 176 Å². The van der Waals surface area contributed by atoms with Gasteiger partial charge in [-0.05, 0) is 49.2 Å². The van der Waals surface area contributed by atoms with Gasteiger partial charge >= 0.3 is 6.03 Å². The van der Waals surface area contributed by atoms with E-state index < -0.39 is 29.9 Å². The molecule has 3 aromatic rings. The van der Waals surface area contributed by atoms with Gasteiger partial charge in [0.05, 0.1) is 17.3 Å². The van der Waals surface area contributed by atoms with Crippen LogP contribution in [0.15, 0.2) is 42.5 Å². The van der Waals surface area contributed by atoms with Gasteiger partial charge in [0.15, 0.2) is 5.13 Å². The van der Waals surface area contributed by atoms with Crippen molar-refractivity contribution < 1.29 is 19.1 Å². The van der Waals surface area contributed by atoms with E-state index in [2.05, 4.69) is 15.6 Å². The Bertz CT molecular complexity index is 1160. The molecular formula is C21H20N4O4S. The summed E-state index contributed by atoms with van der Waals surface area (Å²) >= 11 is 1.34. The average molecular weight is 424 g/mol. The molecule has 154 valence electrons. The van der Waals surface area contributed by atoms with Crippen LogP contribution in [0, 0.1) is 6.92 Å². The fourth-order valence-corrected chi connectivity index (χ4v) is 4.33. The number of rotatable bonds is 5. The number of benzene rings is 2. The second kappa shape index (κ2) is 7.42. The maximum atomic E-state index is 13.0. The van der Waals surface area contributed by atoms with Crippen molar-refractivity contribution in [1.82, 2.24) is 15.2 Å². The summed E-state index contributed by atoms with van der Waals surface area (Å²) in [4.78, 5) is 43.2. The molecular weight excluding hydrogens is 404 g/mol. The molecule has 1 atom stereocenters. The van der Waals surface area contributed by atoms with Crippen molar-refractivity contribution in [1.29, 1.82) is 0 Å². The Kier molecular flexibility index (Phi) is 4.90. The minimum atomic E-state index is -1.25. The molecule has 30 heavy (non-hydrogen) atoms. The van der Waals surface area contributed by atoms with Gasteiger partial charge in [-0.3, -0.25) is 14.5 Å². The first-order valence-corrected chi connectivity index (χ1v) is 10.1. The van der Waals surface area contributed by atoms with Gasteiger partial charge in [0.25, 0.3) is 5.91 Å². The van der Waals surface area contributed by atoms with Gasteiger partial charge in [-0.1, -0.05) is 29.5 Å². The number of hydrogen-bond donors (Lipinski definition) is 2. The summed E-state index contributed by atoms with van der Waals surface area (Å²) in [5.41, 5.74) is 1.23. The SMILES string of the molecule is COc1ccc([C@]2(C)NC(=O)N(CC(=O)Nc3nc4ccc(C)cc4s3)C2=O)cc1. The van der Waals surface area contributed by atoms with Gasteiger partial charge in [-0.15, -0.1) is 0 Å². The number of ether oxygens (including phenoxy) is 1. The second-order valence-electron chi connectivity index (χ2n) is 7.21. The molecule has 4 rings (SSSR count). The largest absolute Gasteiger partial charge is 0.497 e. The highest BCUT2D eigenvalue weighted by Crippen LogP contribution is 2.30. The first-order valence-electron chi connectivity index (χ1n) is 9.26. The Morgan fingerprint density at radius 3 is 2.67 bits per heavy atom. The van der Waals surface area contributed by atoms with E-state index in [1.165, 1.54) is 11.3 Å². The van der Waals surface area contributed by atoms with Crippen LogP contribution in [-0.2, 0) is 15.1 Å². The molecule has 2 N–H and O–H groups in total. The third-order valence-corrected chi connectivity index (χ3v) is 5.97. The minimum Gasteiger partial charge on any atom is -0.497 e. The van der Waals surface area contributed by atoms with Crippen LogP contribution in [0.5, 0.6) is 5.75 Å². The number of thiazole rings is 1. The fourth-order valence-electron chi connectivity index (χ4n) is 3.35. The molecule has 8 nitrogen and oxygen atoms in total. The molecule has 0 saturated carbocycles. The molecule has 1 aromatic heterocycles. The number of aromatic nitrogens is 1. The highest BCUT2D eigenvalue weighted by atomic mass is 32.1. The van der Waals surface area contributed by atoms with E-state index in [9.17, 15) is 14.4 Å². The van der Waals surface area contributed by atoms with E-state index in [0.29, 0.717) is 16.4 Å². The number of aryl methyl sites for hydroxylation is 1. The van der Waals surface area contributed by atoms with Crippen molar-refractivity contribution in [3.8, 4) is 5.75 Å². The number of carbonyl (C=O) groups is 3. The predicted octanol–water partition coefficient (Wildman–Crippen LogP) is 3.02. The van der Waals surface area contributed by atoms with E-state index in [1.54, 1.807) is 38.3 Å². The molecule has 0 radical (unpaired) electrons. The summed E-state index contributed by atoms with van der Waals surface area (Å²) in [5.74, 6) is -0.345. The van der Waals surface area contributed by atoms with Gasteiger partial charge in [0.2, 0.25) is 5.91 Å². The number of imide groups is 1. The van der Waals surface area contributed by atoms with Crippen LogP contribution in [0.1, 0.15) is 18.1 Å². The zero-order valence-electron chi connectivity index (χ0n) is 16.7. The van der Waals surface area contributed by atoms with E-state index in [4.69, 9.17) is 4.74 Å². The third-order valence-electron chi connectivity index (χ3n) is 5.03. The van der Waals surface area contributed by atoms with Gasteiger partial charge < -0.3 is 15.4 Å². The predicted molar refractivity (Wildman–Crippen MR) is 114 cm³/mol. The summed E-state index contributed by atoms with van der Waals surface area (Å²) in [6.07, 6.45) is 0. The Balaban J connectivity index is 1.48. The number of carbonyl (C=O) groups excluding carboxylic acids is 3. The van der Waals surface area contributed by atoms with Crippen molar-refractivity contribution >= 4 is 44.5 Å². The standard InChI is InChI=1S/C21H20N4O4S/c1-12-4-9-15-16(10-12)30-19(22-15)23-17(26)11-25-18(27)21(2,24-20(25)28)13-5-7-14(29-3)8-6-13/h4-10H,11H2,1-3H3,(H,24,28)(H,22,23,26)/t21-/m0/s1. The van der Waals surface area contributed by atoms with Crippen molar-refractivity contribution in [2.45, 2.75) is 19.4 Å². The number of nitrogens with zero attached hydrogens (tertiary/aromatic N) is 2. The maximum Gasteiger partial charge on any atom is 0.325 e. The number of fused-ring (bicyclic) bond motifs is 1. The lowest BCUT2D eigenvalue weighted by molar-refractivity contribution is -0.133. The van der Waals surface area contributed by atoms with Crippen LogP contribution >= 0.6 is 11.3 Å². The number of methoxy groups -OCH3 is 1. The minimum absolute atomic E-state index is 0.397. The quantitative estimate of drug-likeness (QED) is 0.613. The molecule has 9 heteroatoms. The maximum absolute atomic E-state index is 13.0. The van der Waals surface area contributed by atoms with Crippen LogP contribution < -0.4 is 15.4 Å². The molecule has 1 aliphatic heterocycles. The molecule has 0 bridgehead atoms. The lowest BCUT2D eigenvalue weighted by Gasteiger charge is -2.22. The summed E-state index contributed by atoms with van der Waals surface area (Å²) < 4.78 is 6.08. The molecule has 4 amide bonds. The number of anilines is 1. The highest BCUT2D eigenvalue weighted by molar-refractivity contribution is 7.22. The van der Waals surface area contributed by atoms with E-state index in [1.807, 2.05) is 25.1 Å². The van der Waals surface area contributed by atoms with E-state index in [0.717, 1.165) is 20.7 Å². The second-order valence-corrected chi connectivity index (χ2v) is 8.24. The number of hydrogen-bond acceptors (Lipinski definition) is 6. The zero-order valence-corrected chi connectivity index (χ0v) is 17.5. The molecule has 1 fully saturated rings. The van der Waals surface area contributed by atoms with Gasteiger partial charge in [-0.25, -0.2) is 9.78 Å². The van der Waals surface area contributed by atoms with Gasteiger partial charge in [0, 0.05) is 0 Å². The average Bonchev–Trinajstić information content (AvgIpc) is 3.21. The molecule has 1 saturated heterocycles. The van der Waals surface area contributed by atoms with Crippen LogP contribution in [0.25, 0.3) is 10.2 Å². The van der Waals surface area contributed by atoms with Gasteiger partial charge in [0.1, 0.15) is 17.8 Å². The summed E-state index contributed by atoms with van der Waals surface area (Å²) in [7, 11) is 1.55. The van der Waals surface area contributed by atoms with E-state index >= 15 is 0 Å². The van der Waals surface area contributed by atoms with Crippen LogP contribution in [0.2, 0.25) is 0 Å². The highest BCUT2D eigenvalue weighted by Gasteiger charge is 2.49. The first kappa shape index (κ1) is 19.8. The van der Waals surface area contributed by atoms with Crippen molar-refractivity contribution in [2.24, 2.45) is 0 Å². The number of urea groups is 1. The monoisotopic (exact) mass is 424 g/mol. The lowest BCUT2D eigenvalue weighted by atomic mass is 9.92. The summed E-state index contributed by atoms with van der Waals surface area (Å²) in [6, 6.07) is 12.0. The summed E-state index contributed by atoms with van der Waals surface area (Å²) in [5, 5.41) is 5.79. The normalized spacial score (nSPS) is 18.6. The number of nitrogens with one attached hydrogen (secondary N) is 2. The topological polar surface area (TPSA) is 101 Å². The van der Waals surface area contributed by atoms with Crippen molar-refractivity contribution in [3.63, 3.8) is 0 Å². The van der Waals surface area contributed by atoms with Crippen LogP contribution in [-0.4, -0.2) is 41.4 Å². The van der Waals surface area contributed by atoms with E-state index in [-0.39, 0.29) is 0 Å². The van der Waals surface area contributed by atoms with Crippen molar-refractivity contribution in [3.05, 3.63) is 53.6 Å². The Hall–Kier alpha value is -3.46. The Morgan fingerprint density at radius 2 is 1.97 bits per heavy atom. The smallest absolute Gasteiger partial charge is 0.325 e. The molecule has 0 spiro atoms. The Morgan fingerprint density at radius 1 is 1.23 bits per heavy atom. The van der Waals surface area contributed by atoms with Gasteiger partial charge in [-0.2, -0.15) is 0 Å². The third kappa shape index (κ3) is 3.48. The lowest BCUT2D eigenvalue weighted by Crippen LogP contribution is -2.42. The van der Waals surface area contributed by atoms with Crippen LogP contribution in [0.4, 0.5) is 9.93 Å². The molecule has 1 aliphatic rings. The fraction of sp³-hybridized carbons (Fsp3) is 0.238. The molecule has 0 aliphatic carbocycles. The molecule has 0 unspecified atom stereocenters. The molecule has 2 aromatic carbocycles. The van der Waals surface area contributed by atoms with Crippen LogP contribution in [0.3, 0.4) is 0 Å². The van der Waals surface area contributed by atoms with Crippen molar-refractivity contribution in [2.75, 3.05) is 19.0 Å². The number of amides is 4.